The fraction of sp³-hybridized carbons (Fsp3) is 0.478. The summed E-state index contributed by atoms with van der Waals surface area (Å²) < 4.78 is 5.25. The highest BCUT2D eigenvalue weighted by Gasteiger charge is 2.40. The summed E-state index contributed by atoms with van der Waals surface area (Å²) in [5.74, 6) is -1.08. The largest absolute Gasteiger partial charge is 0.507 e. The maximum atomic E-state index is 12.7. The molecule has 6 heteroatoms. The minimum atomic E-state index is -0.808. The zero-order valence-corrected chi connectivity index (χ0v) is 18.2. The van der Waals surface area contributed by atoms with Crippen molar-refractivity contribution in [1.29, 1.82) is 0 Å². The Kier molecular flexibility index (Phi) is 6.16. The van der Waals surface area contributed by atoms with Crippen LogP contribution in [0.25, 0.3) is 0 Å². The Bertz CT molecular complexity index is 808. The molecule has 158 valence electrons. The predicted molar refractivity (Wildman–Crippen MR) is 114 cm³/mol. The summed E-state index contributed by atoms with van der Waals surface area (Å²) in [4.78, 5) is 24.9. The highest BCUT2D eigenvalue weighted by atomic mass is 16.5. The standard InChI is InChI=1S/C23H32N2O4/c1-9-10-29-20(27)17-13(2)24-21(28)25-18(17)14-11-15(22(3,4)5)19(26)16(12-14)23(6,7)8/h9,11-12,17-18,26H,1-2,10H2,3-8H3,(H2,24,25,28)/t17-,18+/m0/s1. The Morgan fingerprint density at radius 3 is 2.14 bits per heavy atom. The number of urea groups is 1. The quantitative estimate of drug-likeness (QED) is 0.522. The van der Waals surface area contributed by atoms with Gasteiger partial charge in [0.05, 0.1) is 6.04 Å². The molecular formula is C23H32N2O4. The smallest absolute Gasteiger partial charge is 0.319 e. The Balaban J connectivity index is 2.67. The number of rotatable bonds is 4. The van der Waals surface area contributed by atoms with Crippen LogP contribution in [0.3, 0.4) is 0 Å². The minimum absolute atomic E-state index is 0.0688. The summed E-state index contributed by atoms with van der Waals surface area (Å²) in [6.07, 6.45) is 1.49. The molecule has 0 unspecified atom stereocenters. The van der Waals surface area contributed by atoms with Gasteiger partial charge in [0.1, 0.15) is 18.3 Å². The first kappa shape index (κ1) is 22.5. The van der Waals surface area contributed by atoms with E-state index >= 15 is 0 Å². The van der Waals surface area contributed by atoms with Gasteiger partial charge in [-0.1, -0.05) is 60.8 Å². The number of hydrogen-bond donors (Lipinski definition) is 3. The van der Waals surface area contributed by atoms with Crippen molar-refractivity contribution in [1.82, 2.24) is 10.6 Å². The molecule has 0 spiro atoms. The maximum Gasteiger partial charge on any atom is 0.319 e. The maximum absolute atomic E-state index is 12.7. The van der Waals surface area contributed by atoms with Crippen molar-refractivity contribution < 1.29 is 19.4 Å². The zero-order chi connectivity index (χ0) is 22.1. The van der Waals surface area contributed by atoms with E-state index in [0.29, 0.717) is 5.56 Å². The van der Waals surface area contributed by atoms with Crippen molar-refractivity contribution in [2.75, 3.05) is 6.61 Å². The van der Waals surface area contributed by atoms with E-state index in [-0.39, 0.29) is 28.9 Å². The Morgan fingerprint density at radius 1 is 1.17 bits per heavy atom. The summed E-state index contributed by atoms with van der Waals surface area (Å²) in [5.41, 5.74) is 1.80. The molecule has 1 saturated heterocycles. The number of benzene rings is 1. The fourth-order valence-corrected chi connectivity index (χ4v) is 3.45. The van der Waals surface area contributed by atoms with Gasteiger partial charge in [0.15, 0.2) is 0 Å². The molecular weight excluding hydrogens is 368 g/mol. The molecule has 0 radical (unpaired) electrons. The van der Waals surface area contributed by atoms with Crippen molar-refractivity contribution in [3.05, 3.63) is 53.8 Å². The average molecular weight is 401 g/mol. The van der Waals surface area contributed by atoms with Crippen LogP contribution >= 0.6 is 0 Å². The highest BCUT2D eigenvalue weighted by Crippen LogP contribution is 2.42. The van der Waals surface area contributed by atoms with Gasteiger partial charge >= 0.3 is 12.0 Å². The Hall–Kier alpha value is -2.76. The lowest BCUT2D eigenvalue weighted by molar-refractivity contribution is -0.147. The summed E-state index contributed by atoms with van der Waals surface area (Å²) in [5, 5.41) is 16.4. The molecule has 0 aliphatic carbocycles. The van der Waals surface area contributed by atoms with Crippen molar-refractivity contribution >= 4 is 12.0 Å². The molecule has 2 amide bonds. The number of phenolic OH excluding ortho intramolecular Hbond substituents is 1. The van der Waals surface area contributed by atoms with Gasteiger partial charge in [-0.2, -0.15) is 0 Å². The fourth-order valence-electron chi connectivity index (χ4n) is 3.45. The number of phenols is 1. The highest BCUT2D eigenvalue weighted by molar-refractivity contribution is 5.85. The van der Waals surface area contributed by atoms with E-state index in [1.165, 1.54) is 6.08 Å². The van der Waals surface area contributed by atoms with Crippen LogP contribution in [0.2, 0.25) is 0 Å². The summed E-state index contributed by atoms with van der Waals surface area (Å²) >= 11 is 0. The molecule has 1 aromatic rings. The van der Waals surface area contributed by atoms with Gasteiger partial charge in [-0.15, -0.1) is 0 Å². The molecule has 29 heavy (non-hydrogen) atoms. The minimum Gasteiger partial charge on any atom is -0.507 e. The van der Waals surface area contributed by atoms with Crippen LogP contribution in [0.4, 0.5) is 4.79 Å². The van der Waals surface area contributed by atoms with Crippen LogP contribution in [-0.4, -0.2) is 23.7 Å². The van der Waals surface area contributed by atoms with Crippen LogP contribution in [-0.2, 0) is 20.4 Å². The normalized spacial score (nSPS) is 19.9. The molecule has 0 bridgehead atoms. The van der Waals surface area contributed by atoms with Crippen LogP contribution in [0, 0.1) is 5.92 Å². The number of amides is 2. The number of carbonyl (C=O) groups excluding carboxylic acids is 2. The molecule has 1 fully saturated rings. The predicted octanol–water partition coefficient (Wildman–Crippen LogP) is 4.20. The second kappa shape index (κ2) is 7.93. The molecule has 1 aromatic carbocycles. The number of esters is 1. The molecule has 2 atom stereocenters. The number of ether oxygens (including phenoxy) is 1. The Morgan fingerprint density at radius 2 is 1.69 bits per heavy atom. The second-order valence-electron chi connectivity index (χ2n) is 9.46. The van der Waals surface area contributed by atoms with Crippen LogP contribution in [0.15, 0.2) is 37.1 Å². The first-order valence-corrected chi connectivity index (χ1v) is 9.69. The molecule has 0 aromatic heterocycles. The molecule has 1 aliphatic heterocycles. The second-order valence-corrected chi connectivity index (χ2v) is 9.46. The molecule has 2 rings (SSSR count). The van der Waals surface area contributed by atoms with Gasteiger partial charge in [0.25, 0.3) is 0 Å². The molecule has 1 aliphatic rings. The molecule has 1 heterocycles. The third kappa shape index (κ3) is 4.81. The summed E-state index contributed by atoms with van der Waals surface area (Å²) in [6, 6.07) is 2.59. The Labute approximate surface area is 173 Å². The third-order valence-electron chi connectivity index (χ3n) is 4.97. The van der Waals surface area contributed by atoms with Crippen LogP contribution in [0.5, 0.6) is 5.75 Å². The number of carbonyl (C=O) groups is 2. The first-order chi connectivity index (χ1) is 13.3. The van der Waals surface area contributed by atoms with Gasteiger partial charge in [-0.05, 0) is 39.7 Å². The molecule has 6 nitrogen and oxygen atoms in total. The van der Waals surface area contributed by atoms with Crippen molar-refractivity contribution in [3.8, 4) is 5.75 Å². The van der Waals surface area contributed by atoms with Crippen LogP contribution < -0.4 is 10.6 Å². The van der Waals surface area contributed by atoms with Crippen molar-refractivity contribution in [2.24, 2.45) is 5.92 Å². The SMILES string of the molecule is C=CCOC(=O)[C@H]1C(=C)NC(=O)N[C@@H]1c1cc(C(C)(C)C)c(O)c(C(C)(C)C)c1. The molecule has 0 saturated carbocycles. The lowest BCUT2D eigenvalue weighted by atomic mass is 9.76. The van der Waals surface area contributed by atoms with E-state index in [1.54, 1.807) is 0 Å². The van der Waals surface area contributed by atoms with Crippen molar-refractivity contribution in [3.63, 3.8) is 0 Å². The zero-order valence-electron chi connectivity index (χ0n) is 18.2. The monoisotopic (exact) mass is 400 g/mol. The van der Waals surface area contributed by atoms with E-state index < -0.39 is 24.0 Å². The average Bonchev–Trinajstić information content (AvgIpc) is 2.57. The number of aromatic hydroxyl groups is 1. The van der Waals surface area contributed by atoms with Crippen LogP contribution in [0.1, 0.15) is 64.3 Å². The van der Waals surface area contributed by atoms with Gasteiger partial charge < -0.3 is 20.5 Å². The molecule has 3 N–H and O–H groups in total. The van der Waals surface area contributed by atoms with Crippen molar-refractivity contribution in [2.45, 2.75) is 58.4 Å². The van der Waals surface area contributed by atoms with E-state index in [9.17, 15) is 14.7 Å². The van der Waals surface area contributed by atoms with E-state index in [4.69, 9.17) is 4.74 Å². The van der Waals surface area contributed by atoms with E-state index in [2.05, 4.69) is 23.8 Å². The first-order valence-electron chi connectivity index (χ1n) is 9.69. The topological polar surface area (TPSA) is 87.7 Å². The summed E-state index contributed by atoms with van der Waals surface area (Å²) in [7, 11) is 0. The lowest BCUT2D eigenvalue weighted by Crippen LogP contribution is -2.51. The van der Waals surface area contributed by atoms with Gasteiger partial charge in [-0.25, -0.2) is 4.79 Å². The lowest BCUT2D eigenvalue weighted by Gasteiger charge is -2.35. The third-order valence-corrected chi connectivity index (χ3v) is 4.97. The van der Waals surface area contributed by atoms with Gasteiger partial charge in [0, 0.05) is 5.70 Å². The summed E-state index contributed by atoms with van der Waals surface area (Å²) in [6.45, 7) is 19.5. The van der Waals surface area contributed by atoms with Gasteiger partial charge in [0.2, 0.25) is 0 Å². The van der Waals surface area contributed by atoms with E-state index in [1.807, 2.05) is 53.7 Å². The number of nitrogens with one attached hydrogen (secondary N) is 2. The van der Waals surface area contributed by atoms with Gasteiger partial charge in [-0.3, -0.25) is 4.79 Å². The number of hydrogen-bond acceptors (Lipinski definition) is 4. The van der Waals surface area contributed by atoms with E-state index in [0.717, 1.165) is 11.1 Å².